The number of carbonyl (C=O) groups excluding carboxylic acids is 1. The summed E-state index contributed by atoms with van der Waals surface area (Å²) >= 11 is 5.31. The molecule has 3 rings (SSSR count). The number of hydrogen-bond donors (Lipinski definition) is 3. The Morgan fingerprint density at radius 2 is 2.00 bits per heavy atom. The zero-order valence-corrected chi connectivity index (χ0v) is 15.0. The van der Waals surface area contributed by atoms with Crippen LogP contribution in [0.15, 0.2) is 24.3 Å². The highest BCUT2D eigenvalue weighted by Crippen LogP contribution is 2.29. The summed E-state index contributed by atoms with van der Waals surface area (Å²) in [5.41, 5.74) is 6.53. The molecule has 2 aliphatic rings. The summed E-state index contributed by atoms with van der Waals surface area (Å²) in [6, 6.07) is 8.08. The first kappa shape index (κ1) is 17.0. The summed E-state index contributed by atoms with van der Waals surface area (Å²) in [7, 11) is 0. The molecule has 0 spiro atoms. The molecule has 130 valence electrons. The molecule has 0 aromatic heterocycles. The Bertz CT molecular complexity index is 597. The molecule has 6 heteroatoms. The quantitative estimate of drug-likeness (QED) is 0.566. The molecule has 0 unspecified atom stereocenters. The molecule has 1 heterocycles. The van der Waals surface area contributed by atoms with Crippen molar-refractivity contribution in [1.29, 1.82) is 0 Å². The number of ether oxygens (including phenoxy) is 1. The minimum Gasteiger partial charge on any atom is -0.480 e. The standard InChI is InChI=1S/C18H25N3O2S/c1-11-6-5-8-14(12(11)2)19-18(24)21-20-17(22)16-10-13-7-3-4-9-15(13)23-16/h3-4,7,9,11-12,14,16H,5-6,8,10H2,1-2H3,(H,20,22)(H2,19,21,24)/t11-,12+,14+,16-/m0/s1. The second-order valence-corrected chi connectivity index (χ2v) is 7.29. The van der Waals surface area contributed by atoms with E-state index < -0.39 is 6.10 Å². The van der Waals surface area contributed by atoms with Crippen LogP contribution in [0.25, 0.3) is 0 Å². The van der Waals surface area contributed by atoms with Crippen molar-refractivity contribution >= 4 is 23.2 Å². The molecule has 3 N–H and O–H groups in total. The Balaban J connectivity index is 1.44. The predicted molar refractivity (Wildman–Crippen MR) is 97.5 cm³/mol. The number of hydrazine groups is 1. The molecule has 1 aromatic carbocycles. The third-order valence-electron chi connectivity index (χ3n) is 5.26. The van der Waals surface area contributed by atoms with Crippen molar-refractivity contribution in [1.82, 2.24) is 16.2 Å². The molecule has 4 atom stereocenters. The molecule has 1 amide bonds. The van der Waals surface area contributed by atoms with Crippen LogP contribution >= 0.6 is 12.2 Å². The molecule has 0 saturated heterocycles. The summed E-state index contributed by atoms with van der Waals surface area (Å²) < 4.78 is 5.67. The van der Waals surface area contributed by atoms with Crippen LogP contribution in [-0.4, -0.2) is 23.2 Å². The van der Waals surface area contributed by atoms with Crippen LogP contribution in [0.1, 0.15) is 38.7 Å². The fourth-order valence-corrected chi connectivity index (χ4v) is 3.72. The van der Waals surface area contributed by atoms with E-state index in [9.17, 15) is 4.79 Å². The topological polar surface area (TPSA) is 62.4 Å². The molecular formula is C18H25N3O2S. The second-order valence-electron chi connectivity index (χ2n) is 6.88. The summed E-state index contributed by atoms with van der Waals surface area (Å²) in [5.74, 6) is 1.84. The Morgan fingerprint density at radius 1 is 1.21 bits per heavy atom. The van der Waals surface area contributed by atoms with Gasteiger partial charge in [0.1, 0.15) is 5.75 Å². The fraction of sp³-hybridized carbons (Fsp3) is 0.556. The molecule has 0 bridgehead atoms. The largest absolute Gasteiger partial charge is 0.480 e. The van der Waals surface area contributed by atoms with Crippen molar-refractivity contribution in [3.05, 3.63) is 29.8 Å². The molecule has 1 saturated carbocycles. The van der Waals surface area contributed by atoms with Crippen LogP contribution in [0.5, 0.6) is 5.75 Å². The Hall–Kier alpha value is -1.82. The lowest BCUT2D eigenvalue weighted by molar-refractivity contribution is -0.127. The monoisotopic (exact) mass is 347 g/mol. The van der Waals surface area contributed by atoms with Crippen LogP contribution in [0.4, 0.5) is 0 Å². The van der Waals surface area contributed by atoms with Crippen LogP contribution < -0.4 is 20.9 Å². The van der Waals surface area contributed by atoms with Crippen molar-refractivity contribution < 1.29 is 9.53 Å². The fourth-order valence-electron chi connectivity index (χ4n) is 3.52. The van der Waals surface area contributed by atoms with E-state index >= 15 is 0 Å². The van der Waals surface area contributed by atoms with E-state index in [1.165, 1.54) is 12.8 Å². The van der Waals surface area contributed by atoms with Gasteiger partial charge < -0.3 is 10.1 Å². The molecule has 24 heavy (non-hydrogen) atoms. The molecular weight excluding hydrogens is 322 g/mol. The lowest BCUT2D eigenvalue weighted by Gasteiger charge is -2.35. The lowest BCUT2D eigenvalue weighted by Crippen LogP contribution is -2.54. The van der Waals surface area contributed by atoms with Crippen molar-refractivity contribution in [2.45, 2.75) is 51.7 Å². The predicted octanol–water partition coefficient (Wildman–Crippen LogP) is 2.31. The van der Waals surface area contributed by atoms with Gasteiger partial charge in [0.25, 0.3) is 5.91 Å². The number of carbonyl (C=O) groups is 1. The van der Waals surface area contributed by atoms with Crippen molar-refractivity contribution in [3.63, 3.8) is 0 Å². The van der Waals surface area contributed by atoms with Crippen LogP contribution in [0, 0.1) is 11.8 Å². The first-order valence-electron chi connectivity index (χ1n) is 8.65. The number of thiocarbonyl (C=S) groups is 1. The lowest BCUT2D eigenvalue weighted by atomic mass is 9.78. The Kier molecular flexibility index (Phi) is 5.23. The van der Waals surface area contributed by atoms with Gasteiger partial charge in [-0.15, -0.1) is 0 Å². The van der Waals surface area contributed by atoms with Gasteiger partial charge in [0.05, 0.1) is 0 Å². The van der Waals surface area contributed by atoms with Gasteiger partial charge in [0, 0.05) is 12.5 Å². The van der Waals surface area contributed by atoms with Gasteiger partial charge in [0.15, 0.2) is 11.2 Å². The zero-order chi connectivity index (χ0) is 17.1. The van der Waals surface area contributed by atoms with E-state index in [0.717, 1.165) is 17.7 Å². The van der Waals surface area contributed by atoms with E-state index in [-0.39, 0.29) is 5.91 Å². The highest BCUT2D eigenvalue weighted by atomic mass is 32.1. The van der Waals surface area contributed by atoms with Gasteiger partial charge in [-0.2, -0.15) is 0 Å². The van der Waals surface area contributed by atoms with Crippen molar-refractivity contribution in [2.24, 2.45) is 11.8 Å². The SMILES string of the molecule is C[C@@H]1[C@@H](C)CCC[C@H]1NC(=S)NNC(=O)[C@@H]1Cc2ccccc2O1. The van der Waals surface area contributed by atoms with Gasteiger partial charge in [-0.1, -0.05) is 44.9 Å². The zero-order valence-electron chi connectivity index (χ0n) is 14.2. The van der Waals surface area contributed by atoms with E-state index in [1.54, 1.807) is 0 Å². The van der Waals surface area contributed by atoms with Gasteiger partial charge in [-0.25, -0.2) is 0 Å². The first-order chi connectivity index (χ1) is 11.5. The number of fused-ring (bicyclic) bond motifs is 1. The minimum absolute atomic E-state index is 0.208. The van der Waals surface area contributed by atoms with Gasteiger partial charge in [-0.3, -0.25) is 15.6 Å². The van der Waals surface area contributed by atoms with Crippen molar-refractivity contribution in [2.75, 3.05) is 0 Å². The number of amides is 1. The third-order valence-corrected chi connectivity index (χ3v) is 5.48. The highest BCUT2D eigenvalue weighted by Gasteiger charge is 2.30. The van der Waals surface area contributed by atoms with Gasteiger partial charge in [0.2, 0.25) is 0 Å². The van der Waals surface area contributed by atoms with Gasteiger partial charge >= 0.3 is 0 Å². The average Bonchev–Trinajstić information content (AvgIpc) is 3.01. The van der Waals surface area contributed by atoms with E-state index in [2.05, 4.69) is 30.0 Å². The molecule has 1 aromatic rings. The van der Waals surface area contributed by atoms with Crippen molar-refractivity contribution in [3.8, 4) is 5.75 Å². The summed E-state index contributed by atoms with van der Waals surface area (Å²) in [5, 5.41) is 3.79. The minimum atomic E-state index is -0.508. The van der Waals surface area contributed by atoms with Crippen LogP contribution in [-0.2, 0) is 11.2 Å². The number of nitrogens with one attached hydrogen (secondary N) is 3. The number of para-hydroxylation sites is 1. The molecule has 0 radical (unpaired) electrons. The Labute approximate surface area is 148 Å². The van der Waals surface area contributed by atoms with E-state index in [1.807, 2.05) is 24.3 Å². The number of hydrogen-bond acceptors (Lipinski definition) is 3. The molecule has 1 aliphatic carbocycles. The first-order valence-corrected chi connectivity index (χ1v) is 9.06. The molecule has 1 aliphatic heterocycles. The third kappa shape index (κ3) is 3.80. The van der Waals surface area contributed by atoms with Gasteiger partial charge in [-0.05, 0) is 42.1 Å². The maximum Gasteiger partial charge on any atom is 0.279 e. The molecule has 5 nitrogen and oxygen atoms in total. The summed E-state index contributed by atoms with van der Waals surface area (Å²) in [6.07, 6.45) is 3.68. The summed E-state index contributed by atoms with van der Waals surface area (Å²) in [6.45, 7) is 4.54. The van der Waals surface area contributed by atoms with E-state index in [4.69, 9.17) is 17.0 Å². The van der Waals surface area contributed by atoms with E-state index in [0.29, 0.717) is 29.4 Å². The smallest absolute Gasteiger partial charge is 0.279 e. The molecule has 1 fully saturated rings. The van der Waals surface area contributed by atoms with Crippen LogP contribution in [0.2, 0.25) is 0 Å². The number of benzene rings is 1. The Morgan fingerprint density at radius 3 is 2.79 bits per heavy atom. The summed E-state index contributed by atoms with van der Waals surface area (Å²) in [4.78, 5) is 12.2. The normalized spacial score (nSPS) is 28.4. The maximum absolute atomic E-state index is 12.2. The maximum atomic E-state index is 12.2. The average molecular weight is 347 g/mol. The number of rotatable bonds is 2. The highest BCUT2D eigenvalue weighted by molar-refractivity contribution is 7.80. The van der Waals surface area contributed by atoms with Crippen LogP contribution in [0.3, 0.4) is 0 Å². The second kappa shape index (κ2) is 7.38.